The molecule has 0 N–H and O–H groups in total. The fraction of sp³-hybridized carbons (Fsp3) is 1.00. The van der Waals surface area contributed by atoms with Crippen LogP contribution in [0, 0.1) is 5.41 Å². The summed E-state index contributed by atoms with van der Waals surface area (Å²) >= 11 is 11.8. The van der Waals surface area contributed by atoms with Crippen LogP contribution >= 0.6 is 23.2 Å². The third-order valence-corrected chi connectivity index (χ3v) is 3.10. The van der Waals surface area contributed by atoms with Gasteiger partial charge in [-0.3, -0.25) is 0 Å². The molecular formula is C7H14Cl2. The molecule has 0 aliphatic carbocycles. The Bertz CT molecular complexity index is 89.6. The minimum atomic E-state index is -0.609. The molecule has 0 unspecified atom stereocenters. The Balaban J connectivity index is 4.14. The van der Waals surface area contributed by atoms with Crippen LogP contribution < -0.4 is 0 Å². The van der Waals surface area contributed by atoms with Gasteiger partial charge in [-0.1, -0.05) is 20.8 Å². The number of hydrogen-bond acceptors (Lipinski definition) is 0. The van der Waals surface area contributed by atoms with E-state index in [1.807, 2.05) is 6.92 Å². The average molecular weight is 169 g/mol. The monoisotopic (exact) mass is 168 g/mol. The molecule has 0 nitrogen and oxygen atoms in total. The zero-order chi connectivity index (χ0) is 7.71. The maximum Gasteiger partial charge on any atom is 0.120 e. The first-order chi connectivity index (χ1) is 3.81. The molecule has 0 fully saturated rings. The number of alkyl halides is 2. The summed E-state index contributed by atoms with van der Waals surface area (Å²) in [5.41, 5.74) is 0.0100. The van der Waals surface area contributed by atoms with Crippen molar-refractivity contribution in [3.63, 3.8) is 0 Å². The van der Waals surface area contributed by atoms with Gasteiger partial charge >= 0.3 is 0 Å². The molecule has 0 saturated carbocycles. The highest BCUT2D eigenvalue weighted by Crippen LogP contribution is 2.42. The maximum absolute atomic E-state index is 5.89. The van der Waals surface area contributed by atoms with Crippen LogP contribution in [-0.2, 0) is 0 Å². The van der Waals surface area contributed by atoms with Gasteiger partial charge in [0.25, 0.3) is 0 Å². The summed E-state index contributed by atoms with van der Waals surface area (Å²) in [7, 11) is 0. The first kappa shape index (κ1) is 9.58. The predicted octanol–water partition coefficient (Wildman–Crippen LogP) is 3.62. The molecule has 2 heteroatoms. The lowest BCUT2D eigenvalue weighted by atomic mass is 9.86. The zero-order valence-electron chi connectivity index (χ0n) is 6.46. The quantitative estimate of drug-likeness (QED) is 0.554. The van der Waals surface area contributed by atoms with Crippen molar-refractivity contribution in [1.29, 1.82) is 0 Å². The van der Waals surface area contributed by atoms with Gasteiger partial charge in [0.2, 0.25) is 0 Å². The Kier molecular flexibility index (Phi) is 2.85. The molecule has 0 aliphatic rings. The van der Waals surface area contributed by atoms with Crippen LogP contribution in [0.25, 0.3) is 0 Å². The fourth-order valence-electron chi connectivity index (χ4n) is 0.310. The third-order valence-electron chi connectivity index (χ3n) is 2.07. The molecule has 0 bridgehead atoms. The Hall–Kier alpha value is 0.580. The van der Waals surface area contributed by atoms with Crippen LogP contribution in [0.3, 0.4) is 0 Å². The summed E-state index contributed by atoms with van der Waals surface area (Å²) in [6.07, 6.45) is 0.997. The van der Waals surface area contributed by atoms with E-state index < -0.39 is 4.33 Å². The normalized spacial score (nSPS) is 14.0. The van der Waals surface area contributed by atoms with Gasteiger partial charge in [0, 0.05) is 0 Å². The van der Waals surface area contributed by atoms with Crippen molar-refractivity contribution in [2.45, 2.75) is 38.4 Å². The molecule has 0 spiro atoms. The molecule has 0 amide bonds. The molecule has 0 aromatic rings. The Morgan fingerprint density at radius 3 is 1.44 bits per heavy atom. The van der Waals surface area contributed by atoms with Crippen LogP contribution in [0.4, 0.5) is 0 Å². The Morgan fingerprint density at radius 2 is 1.44 bits per heavy atom. The van der Waals surface area contributed by atoms with Gasteiger partial charge in [0.1, 0.15) is 4.33 Å². The van der Waals surface area contributed by atoms with Crippen molar-refractivity contribution in [3.05, 3.63) is 0 Å². The lowest BCUT2D eigenvalue weighted by Crippen LogP contribution is -2.30. The summed E-state index contributed by atoms with van der Waals surface area (Å²) in [4.78, 5) is 0. The largest absolute Gasteiger partial charge is 0.120 e. The van der Waals surface area contributed by atoms with E-state index in [1.165, 1.54) is 0 Å². The van der Waals surface area contributed by atoms with Crippen LogP contribution in [-0.4, -0.2) is 4.33 Å². The first-order valence-electron chi connectivity index (χ1n) is 3.19. The van der Waals surface area contributed by atoms with Gasteiger partial charge in [-0.25, -0.2) is 0 Å². The molecule has 9 heavy (non-hydrogen) atoms. The van der Waals surface area contributed by atoms with Crippen LogP contribution in [0.15, 0.2) is 0 Å². The van der Waals surface area contributed by atoms with Crippen molar-refractivity contribution < 1.29 is 0 Å². The smallest absolute Gasteiger partial charge is 0.101 e. The third kappa shape index (κ3) is 2.35. The predicted molar refractivity (Wildman–Crippen MR) is 44.2 cm³/mol. The highest BCUT2D eigenvalue weighted by atomic mass is 35.5. The first-order valence-corrected chi connectivity index (χ1v) is 3.94. The van der Waals surface area contributed by atoms with Gasteiger partial charge in [-0.05, 0) is 18.8 Å². The molecule has 56 valence electrons. The Morgan fingerprint density at radius 1 is 1.11 bits per heavy atom. The van der Waals surface area contributed by atoms with E-state index in [2.05, 4.69) is 20.8 Å². The van der Waals surface area contributed by atoms with Crippen LogP contribution in [0.2, 0.25) is 0 Å². The summed E-state index contributed by atoms with van der Waals surface area (Å²) < 4.78 is -0.609. The van der Waals surface area contributed by atoms with Crippen LogP contribution in [0.5, 0.6) is 0 Å². The van der Waals surface area contributed by atoms with Gasteiger partial charge in [-0.2, -0.15) is 0 Å². The van der Waals surface area contributed by atoms with E-state index in [-0.39, 0.29) is 5.41 Å². The molecular weight excluding hydrogens is 155 g/mol. The van der Waals surface area contributed by atoms with E-state index >= 15 is 0 Å². The van der Waals surface area contributed by atoms with Crippen molar-refractivity contribution in [1.82, 2.24) is 0 Å². The molecule has 0 radical (unpaired) electrons. The minimum absolute atomic E-state index is 0.0100. The molecule has 0 aromatic carbocycles. The lowest BCUT2D eigenvalue weighted by Gasteiger charge is -2.33. The summed E-state index contributed by atoms with van der Waals surface area (Å²) in [6.45, 7) is 8.04. The van der Waals surface area contributed by atoms with Gasteiger partial charge < -0.3 is 0 Å². The summed E-state index contributed by atoms with van der Waals surface area (Å²) in [5.74, 6) is 0. The lowest BCUT2D eigenvalue weighted by molar-refractivity contribution is 0.316. The van der Waals surface area contributed by atoms with E-state index in [4.69, 9.17) is 23.2 Å². The zero-order valence-corrected chi connectivity index (χ0v) is 7.97. The molecule has 0 aromatic heterocycles. The van der Waals surface area contributed by atoms with Gasteiger partial charge in [0.15, 0.2) is 0 Å². The minimum Gasteiger partial charge on any atom is -0.101 e. The second kappa shape index (κ2) is 2.67. The molecule has 0 aliphatic heterocycles. The molecule has 0 heterocycles. The molecule has 0 atom stereocenters. The van der Waals surface area contributed by atoms with E-state index in [0.29, 0.717) is 0 Å². The highest BCUT2D eigenvalue weighted by molar-refractivity contribution is 6.48. The Labute approximate surface area is 67.5 Å². The van der Waals surface area contributed by atoms with E-state index in [9.17, 15) is 0 Å². The second-order valence-corrected chi connectivity index (χ2v) is 4.83. The number of rotatable bonds is 2. The van der Waals surface area contributed by atoms with Gasteiger partial charge in [-0.15, -0.1) is 23.2 Å². The van der Waals surface area contributed by atoms with Crippen molar-refractivity contribution >= 4 is 23.2 Å². The van der Waals surface area contributed by atoms with Crippen molar-refractivity contribution in [3.8, 4) is 0 Å². The maximum atomic E-state index is 5.89. The highest BCUT2D eigenvalue weighted by Gasteiger charge is 2.35. The molecule has 0 saturated heterocycles. The van der Waals surface area contributed by atoms with Crippen molar-refractivity contribution in [2.75, 3.05) is 0 Å². The van der Waals surface area contributed by atoms with Gasteiger partial charge in [0.05, 0.1) is 0 Å². The summed E-state index contributed by atoms with van der Waals surface area (Å²) in [6, 6.07) is 0. The topological polar surface area (TPSA) is 0 Å². The van der Waals surface area contributed by atoms with E-state index in [0.717, 1.165) is 6.42 Å². The standard InChI is InChI=1S/C7H14Cl2/c1-5-6(2,3)7(4,8)9/h5H2,1-4H3. The van der Waals surface area contributed by atoms with Crippen LogP contribution in [0.1, 0.15) is 34.1 Å². The van der Waals surface area contributed by atoms with Crippen molar-refractivity contribution in [2.24, 2.45) is 5.41 Å². The molecule has 0 rings (SSSR count). The summed E-state index contributed by atoms with van der Waals surface area (Å²) in [5, 5.41) is 0. The fourth-order valence-corrected chi connectivity index (χ4v) is 0.578. The SMILES string of the molecule is CCC(C)(C)C(C)(Cl)Cl. The average Bonchev–Trinajstić information content (AvgIpc) is 1.64. The second-order valence-electron chi connectivity index (χ2n) is 3.13. The number of halogens is 2. The van der Waals surface area contributed by atoms with E-state index in [1.54, 1.807) is 0 Å². The number of hydrogen-bond donors (Lipinski definition) is 0.